The molecule has 0 amide bonds. The average molecular weight is 924 g/mol. The van der Waals surface area contributed by atoms with E-state index in [1.807, 2.05) is 73.6 Å². The van der Waals surface area contributed by atoms with Gasteiger partial charge in [0.25, 0.3) is 15.7 Å². The van der Waals surface area contributed by atoms with Crippen LogP contribution in [0.4, 0.5) is 36.1 Å². The zero-order valence-corrected chi connectivity index (χ0v) is 37.5. The third-order valence-electron chi connectivity index (χ3n) is 11.4. The van der Waals surface area contributed by atoms with Crippen LogP contribution in [0.3, 0.4) is 0 Å². The largest absolute Gasteiger partial charge is 0.418 e. The highest BCUT2D eigenvalue weighted by Crippen LogP contribution is 2.43. The molecule has 1 unspecified atom stereocenters. The topological polar surface area (TPSA) is 137 Å². The van der Waals surface area contributed by atoms with Crippen LogP contribution in [0.15, 0.2) is 107 Å². The van der Waals surface area contributed by atoms with Crippen molar-refractivity contribution >= 4 is 72.7 Å². The maximum atomic E-state index is 14.8. The number of nitro benzene ring substituents is 1. The molecule has 1 aliphatic heterocycles. The number of thioether (sulfide) groups is 1. The maximum absolute atomic E-state index is 14.8. The lowest BCUT2D eigenvalue weighted by Crippen LogP contribution is -2.47. The van der Waals surface area contributed by atoms with Crippen LogP contribution in [0.1, 0.15) is 49.7 Å². The van der Waals surface area contributed by atoms with E-state index >= 15 is 0 Å². The van der Waals surface area contributed by atoms with Crippen molar-refractivity contribution in [2.45, 2.75) is 60.5 Å². The summed E-state index contributed by atoms with van der Waals surface area (Å²) in [6.07, 6.45) is 2.06. The number of sulfonamides is 1. The number of fused-ring (bicyclic) bond motifs is 1. The number of aromatic nitrogens is 2. The first-order valence-corrected chi connectivity index (χ1v) is 23.7. The van der Waals surface area contributed by atoms with E-state index in [0.29, 0.717) is 36.0 Å². The van der Waals surface area contributed by atoms with Crippen LogP contribution in [0.5, 0.6) is 0 Å². The lowest BCUT2D eigenvalue weighted by Gasteiger charge is -2.37. The van der Waals surface area contributed by atoms with Crippen molar-refractivity contribution in [1.82, 2.24) is 19.8 Å². The number of nitrogens with zero attached hydrogens (tertiary/aromatic N) is 6. The number of alkyl halides is 3. The monoisotopic (exact) mass is 922 g/mol. The molecule has 2 heterocycles. The summed E-state index contributed by atoms with van der Waals surface area (Å²) in [6.45, 7) is 4.58. The Morgan fingerprint density at radius 3 is 2.37 bits per heavy atom. The highest BCUT2D eigenvalue weighted by Gasteiger charge is 2.40. The smallest absolute Gasteiger partial charge is 0.375 e. The number of hydrogen-bond donors (Lipinski definition) is 2. The average Bonchev–Trinajstić information content (AvgIpc) is 3.50. The van der Waals surface area contributed by atoms with Crippen LogP contribution in [-0.2, 0) is 16.2 Å². The fourth-order valence-electron chi connectivity index (χ4n) is 8.07. The zero-order valence-electron chi connectivity index (χ0n) is 35.1. The zero-order chi connectivity index (χ0) is 44.7. The van der Waals surface area contributed by atoms with Gasteiger partial charge in [-0.1, -0.05) is 53.9 Å². The fraction of sp³-hybridized carbons (Fsp3) is 0.378. The first-order valence-electron chi connectivity index (χ1n) is 20.8. The summed E-state index contributed by atoms with van der Waals surface area (Å²) in [5.74, 6) is 0.113. The predicted molar refractivity (Wildman–Crippen MR) is 246 cm³/mol. The molecular formula is C45H50ClF3N8O4S2. The van der Waals surface area contributed by atoms with Gasteiger partial charge in [-0.2, -0.15) is 13.2 Å². The van der Waals surface area contributed by atoms with Gasteiger partial charge in [-0.3, -0.25) is 19.7 Å². The molecule has 1 saturated heterocycles. The maximum Gasteiger partial charge on any atom is 0.418 e. The van der Waals surface area contributed by atoms with Crippen LogP contribution in [0, 0.1) is 10.1 Å². The van der Waals surface area contributed by atoms with Crippen LogP contribution >= 0.6 is 23.4 Å². The Hall–Kier alpha value is -4.94. The van der Waals surface area contributed by atoms with Crippen molar-refractivity contribution in [1.29, 1.82) is 0 Å². The Kier molecular flexibility index (Phi) is 14.8. The van der Waals surface area contributed by atoms with Gasteiger partial charge in [0.2, 0.25) is 0 Å². The number of rotatable bonds is 16. The van der Waals surface area contributed by atoms with E-state index in [1.165, 1.54) is 54.1 Å². The number of halogens is 4. The molecule has 2 aliphatic rings. The summed E-state index contributed by atoms with van der Waals surface area (Å²) in [7, 11) is -1.21. The summed E-state index contributed by atoms with van der Waals surface area (Å²) in [6, 6.07) is 23.1. The molecule has 7 rings (SSSR count). The minimum absolute atomic E-state index is 0.176. The van der Waals surface area contributed by atoms with Crippen LogP contribution in [0.25, 0.3) is 16.5 Å². The molecule has 18 heteroatoms. The van der Waals surface area contributed by atoms with Crippen molar-refractivity contribution in [2.75, 3.05) is 74.1 Å². The Labute approximate surface area is 375 Å². The van der Waals surface area contributed by atoms with Crippen LogP contribution in [-0.4, -0.2) is 98.3 Å². The Bertz CT molecular complexity index is 2540. The van der Waals surface area contributed by atoms with Gasteiger partial charge >= 0.3 is 6.18 Å². The van der Waals surface area contributed by atoms with Crippen molar-refractivity contribution in [3.8, 4) is 0 Å². The van der Waals surface area contributed by atoms with Gasteiger partial charge < -0.3 is 15.1 Å². The third-order valence-corrected chi connectivity index (χ3v) is 14.1. The molecule has 1 atom stereocenters. The summed E-state index contributed by atoms with van der Waals surface area (Å²) in [5, 5.41) is 16.3. The van der Waals surface area contributed by atoms with E-state index in [9.17, 15) is 31.7 Å². The van der Waals surface area contributed by atoms with Crippen molar-refractivity contribution in [2.24, 2.45) is 0 Å². The number of piperazine rings is 1. The van der Waals surface area contributed by atoms with E-state index in [2.05, 4.69) is 41.9 Å². The number of hydrogen-bond acceptors (Lipinski definition) is 11. The van der Waals surface area contributed by atoms with E-state index in [1.54, 1.807) is 6.07 Å². The van der Waals surface area contributed by atoms with Crippen molar-refractivity contribution in [3.63, 3.8) is 0 Å². The second-order valence-electron chi connectivity index (χ2n) is 16.1. The molecule has 5 aromatic rings. The second kappa shape index (κ2) is 20.3. The third kappa shape index (κ3) is 11.8. The van der Waals surface area contributed by atoms with Gasteiger partial charge in [0.15, 0.2) is 5.82 Å². The van der Waals surface area contributed by atoms with Gasteiger partial charge in [0.05, 0.1) is 20.9 Å². The first kappa shape index (κ1) is 46.1. The van der Waals surface area contributed by atoms with Gasteiger partial charge in [0.1, 0.15) is 12.0 Å². The summed E-state index contributed by atoms with van der Waals surface area (Å²) in [4.78, 5) is 26.5. The molecule has 4 aromatic carbocycles. The van der Waals surface area contributed by atoms with Gasteiger partial charge in [-0.05, 0) is 112 Å². The number of nitro groups is 1. The number of allylic oxidation sites excluding steroid dienone is 1. The van der Waals surface area contributed by atoms with E-state index in [4.69, 9.17) is 11.6 Å². The van der Waals surface area contributed by atoms with Gasteiger partial charge in [-0.25, -0.2) is 18.4 Å². The molecule has 1 aromatic heterocycles. The molecule has 12 nitrogen and oxygen atoms in total. The predicted octanol–water partition coefficient (Wildman–Crippen LogP) is 10.1. The molecule has 2 N–H and O–H groups in total. The SMILES string of the molecule is CN(C)CCC(CSc1ccccc1)Nc1c([N+](=O)[O-])cc(S(=O)(=O)Nc2ncnc3cc(N4CCN(CC5=C(c6ccc(Cl)cc6)CCCCC5)CC4)ccc23)cc1C(F)(F)F. The van der Waals surface area contributed by atoms with Crippen molar-refractivity contribution in [3.05, 3.63) is 123 Å². The number of anilines is 3. The highest BCUT2D eigenvalue weighted by molar-refractivity contribution is 7.99. The number of nitrogens with one attached hydrogen (secondary N) is 2. The summed E-state index contributed by atoms with van der Waals surface area (Å²) >= 11 is 7.58. The molecule has 0 spiro atoms. The van der Waals surface area contributed by atoms with E-state index in [-0.39, 0.29) is 11.6 Å². The van der Waals surface area contributed by atoms with Gasteiger partial charge in [-0.15, -0.1) is 11.8 Å². The van der Waals surface area contributed by atoms with Crippen LogP contribution < -0.4 is 14.9 Å². The fourth-order valence-corrected chi connectivity index (χ4v) is 10.3. The molecule has 1 fully saturated rings. The molecule has 334 valence electrons. The molecule has 63 heavy (non-hydrogen) atoms. The first-order chi connectivity index (χ1) is 30.1. The highest BCUT2D eigenvalue weighted by atomic mass is 35.5. The molecule has 0 saturated carbocycles. The molecular weight excluding hydrogens is 873 g/mol. The molecule has 1 aliphatic carbocycles. The van der Waals surface area contributed by atoms with Crippen molar-refractivity contribution < 1.29 is 26.5 Å². The molecule has 0 radical (unpaired) electrons. The summed E-state index contributed by atoms with van der Waals surface area (Å²) in [5.41, 5.74) is 2.15. The normalized spacial score (nSPS) is 16.0. The minimum atomic E-state index is -5.15. The van der Waals surface area contributed by atoms with E-state index < -0.39 is 49.0 Å². The minimum Gasteiger partial charge on any atom is -0.375 e. The molecule has 0 bridgehead atoms. The Morgan fingerprint density at radius 1 is 0.937 bits per heavy atom. The second-order valence-corrected chi connectivity index (χ2v) is 19.3. The Morgan fingerprint density at radius 2 is 1.67 bits per heavy atom. The number of benzene rings is 4. The summed E-state index contributed by atoms with van der Waals surface area (Å²) < 4.78 is 74.5. The standard InChI is InChI=1S/C45H50ClF3N8O4S2/c1-54(2)20-19-34(29-62-36-10-6-4-7-11-36)52-43-40(45(47,48)49)26-37(27-42(43)57(58)59)63(60,61)53-44-39-18-17-35(25-41(39)50-30-51-44)56-23-21-55(22-24-56)28-32-9-5-3-8-12-38(32)31-13-15-33(46)16-14-31/h4,6-7,10-11,13-18,25-27,30,34,52H,3,5,8-9,12,19-24,28-29H2,1-2H3,(H,50,51,53). The quantitative estimate of drug-likeness (QED) is 0.0556. The Balaban J connectivity index is 1.09. The van der Waals surface area contributed by atoms with Crippen LogP contribution in [0.2, 0.25) is 5.02 Å². The lowest BCUT2D eigenvalue weighted by molar-refractivity contribution is -0.384. The van der Waals surface area contributed by atoms with E-state index in [0.717, 1.165) is 61.2 Å². The van der Waals surface area contributed by atoms with Gasteiger partial charge in [0, 0.05) is 71.6 Å². The lowest BCUT2D eigenvalue weighted by atomic mass is 9.95.